The van der Waals surface area contributed by atoms with Gasteiger partial charge in [-0.1, -0.05) is 13.8 Å². The van der Waals surface area contributed by atoms with E-state index in [0.717, 1.165) is 23.6 Å². The highest BCUT2D eigenvalue weighted by molar-refractivity contribution is 8.00. The predicted molar refractivity (Wildman–Crippen MR) is 64.9 cm³/mol. The molecule has 0 unspecified atom stereocenters. The minimum atomic E-state index is 0.693. The van der Waals surface area contributed by atoms with Crippen LogP contribution in [0.25, 0.3) is 0 Å². The lowest BCUT2D eigenvalue weighted by molar-refractivity contribution is 0.345. The number of guanidine groups is 1. The second kappa shape index (κ2) is 5.49. The molecular weight excluding hydrogens is 194 g/mol. The first-order valence-electron chi connectivity index (χ1n) is 5.26. The van der Waals surface area contributed by atoms with Gasteiger partial charge in [0.05, 0.1) is 0 Å². The van der Waals surface area contributed by atoms with Gasteiger partial charge in [0, 0.05) is 25.4 Å². The lowest BCUT2D eigenvalue weighted by atomic mass is 10.1. The molecule has 82 valence electrons. The summed E-state index contributed by atoms with van der Waals surface area (Å²) in [5.74, 6) is 0.693. The van der Waals surface area contributed by atoms with Crippen molar-refractivity contribution in [1.29, 1.82) is 0 Å². The van der Waals surface area contributed by atoms with Crippen LogP contribution in [-0.2, 0) is 0 Å². The average molecular weight is 215 g/mol. The first-order valence-corrected chi connectivity index (χ1v) is 6.20. The SMILES string of the molecule is CN=C(N)N1CCC(SC(C)C)CC1. The number of nitrogens with two attached hydrogens (primary N) is 1. The fraction of sp³-hybridized carbons (Fsp3) is 0.900. The smallest absolute Gasteiger partial charge is 0.190 e. The summed E-state index contributed by atoms with van der Waals surface area (Å²) in [5.41, 5.74) is 5.76. The van der Waals surface area contributed by atoms with Gasteiger partial charge in [0.15, 0.2) is 5.96 Å². The van der Waals surface area contributed by atoms with E-state index in [-0.39, 0.29) is 0 Å². The van der Waals surface area contributed by atoms with E-state index in [1.54, 1.807) is 7.05 Å². The van der Waals surface area contributed by atoms with Crippen molar-refractivity contribution in [2.45, 2.75) is 37.2 Å². The zero-order chi connectivity index (χ0) is 10.6. The molecule has 0 amide bonds. The molecule has 1 rings (SSSR count). The number of hydrogen-bond donors (Lipinski definition) is 1. The Balaban J connectivity index is 2.31. The van der Waals surface area contributed by atoms with Gasteiger partial charge in [-0.3, -0.25) is 4.99 Å². The molecule has 0 spiro atoms. The Bertz CT molecular complexity index is 196. The molecule has 1 fully saturated rings. The van der Waals surface area contributed by atoms with Gasteiger partial charge < -0.3 is 10.6 Å². The molecule has 0 aromatic rings. The van der Waals surface area contributed by atoms with Crippen LogP contribution in [0.3, 0.4) is 0 Å². The largest absolute Gasteiger partial charge is 0.370 e. The molecule has 0 aromatic heterocycles. The highest BCUT2D eigenvalue weighted by Gasteiger charge is 2.20. The van der Waals surface area contributed by atoms with Gasteiger partial charge in [-0.15, -0.1) is 0 Å². The van der Waals surface area contributed by atoms with E-state index in [9.17, 15) is 0 Å². The molecule has 1 aliphatic heterocycles. The van der Waals surface area contributed by atoms with Crippen LogP contribution in [0.1, 0.15) is 26.7 Å². The fourth-order valence-electron chi connectivity index (χ4n) is 1.75. The molecule has 1 heterocycles. The van der Waals surface area contributed by atoms with Crippen LogP contribution in [-0.4, -0.2) is 41.5 Å². The van der Waals surface area contributed by atoms with Crippen molar-refractivity contribution in [2.75, 3.05) is 20.1 Å². The van der Waals surface area contributed by atoms with Crippen molar-refractivity contribution >= 4 is 17.7 Å². The van der Waals surface area contributed by atoms with Crippen molar-refractivity contribution < 1.29 is 0 Å². The van der Waals surface area contributed by atoms with Crippen molar-refractivity contribution in [1.82, 2.24) is 4.90 Å². The average Bonchev–Trinajstić information content (AvgIpc) is 2.17. The predicted octanol–water partition coefficient (Wildman–Crippen LogP) is 1.54. The molecule has 3 nitrogen and oxygen atoms in total. The maximum atomic E-state index is 5.76. The van der Waals surface area contributed by atoms with Crippen LogP contribution in [0.2, 0.25) is 0 Å². The molecule has 0 radical (unpaired) electrons. The molecule has 0 aromatic carbocycles. The molecule has 0 bridgehead atoms. The standard InChI is InChI=1S/C10H21N3S/c1-8(2)14-9-4-6-13(7-5-9)10(11)12-3/h8-9H,4-7H2,1-3H3,(H2,11,12). The van der Waals surface area contributed by atoms with E-state index >= 15 is 0 Å². The summed E-state index contributed by atoms with van der Waals surface area (Å²) in [6.07, 6.45) is 2.47. The third kappa shape index (κ3) is 3.40. The summed E-state index contributed by atoms with van der Waals surface area (Å²) in [6.45, 7) is 6.65. The molecule has 1 aliphatic rings. The van der Waals surface area contributed by atoms with Crippen LogP contribution >= 0.6 is 11.8 Å². The van der Waals surface area contributed by atoms with Crippen molar-refractivity contribution in [2.24, 2.45) is 10.7 Å². The van der Waals surface area contributed by atoms with Crippen molar-refractivity contribution in [3.63, 3.8) is 0 Å². The summed E-state index contributed by atoms with van der Waals surface area (Å²) in [5, 5.41) is 1.56. The van der Waals surface area contributed by atoms with E-state index < -0.39 is 0 Å². The Hall–Kier alpha value is -0.380. The monoisotopic (exact) mass is 215 g/mol. The van der Waals surface area contributed by atoms with E-state index in [4.69, 9.17) is 5.73 Å². The number of nitrogens with zero attached hydrogens (tertiary/aromatic N) is 2. The Morgan fingerprint density at radius 2 is 2.00 bits per heavy atom. The summed E-state index contributed by atoms with van der Waals surface area (Å²) in [4.78, 5) is 6.19. The van der Waals surface area contributed by atoms with Crippen LogP contribution < -0.4 is 5.73 Å². The number of aliphatic imine (C=N–C) groups is 1. The molecular formula is C10H21N3S. The lowest BCUT2D eigenvalue weighted by Gasteiger charge is -2.32. The van der Waals surface area contributed by atoms with Gasteiger partial charge in [-0.25, -0.2) is 0 Å². The Kier molecular flexibility index (Phi) is 4.58. The molecule has 0 aliphatic carbocycles. The fourth-order valence-corrected chi connectivity index (χ4v) is 3.00. The molecule has 14 heavy (non-hydrogen) atoms. The number of rotatable bonds is 2. The summed E-state index contributed by atoms with van der Waals surface area (Å²) < 4.78 is 0. The first kappa shape index (κ1) is 11.7. The van der Waals surface area contributed by atoms with Gasteiger partial charge in [0.2, 0.25) is 0 Å². The van der Waals surface area contributed by atoms with Crippen LogP contribution in [0.5, 0.6) is 0 Å². The van der Waals surface area contributed by atoms with Gasteiger partial charge in [-0.2, -0.15) is 11.8 Å². The molecule has 1 saturated heterocycles. The number of piperidine rings is 1. The minimum Gasteiger partial charge on any atom is -0.370 e. The molecule has 2 N–H and O–H groups in total. The number of likely N-dealkylation sites (tertiary alicyclic amines) is 1. The minimum absolute atomic E-state index is 0.693. The van der Waals surface area contributed by atoms with Gasteiger partial charge >= 0.3 is 0 Å². The Labute approximate surface area is 91.1 Å². The highest BCUT2D eigenvalue weighted by Crippen LogP contribution is 2.26. The normalized spacial score (nSPS) is 20.6. The molecule has 0 atom stereocenters. The van der Waals surface area contributed by atoms with E-state index in [0.29, 0.717) is 5.96 Å². The summed E-state index contributed by atoms with van der Waals surface area (Å²) in [6, 6.07) is 0. The van der Waals surface area contributed by atoms with Gasteiger partial charge in [-0.05, 0) is 18.1 Å². The van der Waals surface area contributed by atoms with Crippen LogP contribution in [0.4, 0.5) is 0 Å². The number of hydrogen-bond acceptors (Lipinski definition) is 2. The Morgan fingerprint density at radius 1 is 1.43 bits per heavy atom. The van der Waals surface area contributed by atoms with E-state index in [1.165, 1.54) is 12.8 Å². The summed E-state index contributed by atoms with van der Waals surface area (Å²) in [7, 11) is 1.75. The van der Waals surface area contributed by atoms with Crippen molar-refractivity contribution in [3.8, 4) is 0 Å². The highest BCUT2D eigenvalue weighted by atomic mass is 32.2. The third-order valence-corrected chi connectivity index (χ3v) is 3.86. The second-order valence-electron chi connectivity index (χ2n) is 3.95. The van der Waals surface area contributed by atoms with Gasteiger partial charge in [0.25, 0.3) is 0 Å². The van der Waals surface area contributed by atoms with E-state index in [1.807, 2.05) is 0 Å². The second-order valence-corrected chi connectivity index (χ2v) is 5.83. The zero-order valence-corrected chi connectivity index (χ0v) is 10.2. The molecule has 0 saturated carbocycles. The first-order chi connectivity index (χ1) is 6.63. The van der Waals surface area contributed by atoms with E-state index in [2.05, 4.69) is 35.5 Å². The lowest BCUT2D eigenvalue weighted by Crippen LogP contribution is -2.43. The number of thioether (sulfide) groups is 1. The maximum absolute atomic E-state index is 5.76. The summed E-state index contributed by atoms with van der Waals surface area (Å²) >= 11 is 2.09. The third-order valence-electron chi connectivity index (χ3n) is 2.46. The van der Waals surface area contributed by atoms with Crippen LogP contribution in [0, 0.1) is 0 Å². The maximum Gasteiger partial charge on any atom is 0.190 e. The zero-order valence-electron chi connectivity index (χ0n) is 9.36. The topological polar surface area (TPSA) is 41.6 Å². The Morgan fingerprint density at radius 3 is 2.43 bits per heavy atom. The van der Waals surface area contributed by atoms with Gasteiger partial charge in [0.1, 0.15) is 0 Å². The van der Waals surface area contributed by atoms with Crippen LogP contribution in [0.15, 0.2) is 4.99 Å². The van der Waals surface area contributed by atoms with Crippen molar-refractivity contribution in [3.05, 3.63) is 0 Å². The quantitative estimate of drug-likeness (QED) is 0.561. The molecule has 4 heteroatoms.